The number of halogens is 1. The van der Waals surface area contributed by atoms with Gasteiger partial charge < -0.3 is 11.1 Å². The topological polar surface area (TPSA) is 63.8 Å². The highest BCUT2D eigenvalue weighted by Gasteiger charge is 2.13. The van der Waals surface area contributed by atoms with Gasteiger partial charge >= 0.3 is 0 Å². The van der Waals surface area contributed by atoms with Crippen molar-refractivity contribution >= 4 is 50.3 Å². The van der Waals surface area contributed by atoms with E-state index >= 15 is 0 Å². The summed E-state index contributed by atoms with van der Waals surface area (Å²) in [5.41, 5.74) is 8.41. The predicted octanol–water partition coefficient (Wildman–Crippen LogP) is 3.21. The van der Waals surface area contributed by atoms with Crippen molar-refractivity contribution in [1.82, 2.24) is 10.2 Å². The highest BCUT2D eigenvalue weighted by molar-refractivity contribution is 9.11. The first-order valence-electron chi connectivity index (χ1n) is 6.11. The van der Waals surface area contributed by atoms with Crippen LogP contribution in [0.3, 0.4) is 0 Å². The number of nitrogens with two attached hydrogens (primary N) is 1. The molecule has 0 amide bonds. The fourth-order valence-electron chi connectivity index (χ4n) is 1.82. The third-order valence-electron chi connectivity index (χ3n) is 2.99. The molecule has 4 nitrogen and oxygen atoms in total. The van der Waals surface area contributed by atoms with Crippen molar-refractivity contribution in [3.8, 4) is 0 Å². The number of rotatable bonds is 5. The highest BCUT2D eigenvalue weighted by atomic mass is 79.9. The van der Waals surface area contributed by atoms with Gasteiger partial charge in [-0.15, -0.1) is 16.4 Å². The van der Waals surface area contributed by atoms with Gasteiger partial charge in [0.2, 0.25) is 0 Å². The van der Waals surface area contributed by atoms with E-state index in [9.17, 15) is 0 Å². The quantitative estimate of drug-likeness (QED) is 0.791. The summed E-state index contributed by atoms with van der Waals surface area (Å²) in [4.78, 5) is 1.65. The van der Waals surface area contributed by atoms with Gasteiger partial charge in [0.1, 0.15) is 4.99 Å². The first-order valence-corrected chi connectivity index (χ1v) is 8.12. The molecule has 0 bridgehead atoms. The monoisotopic (exact) mass is 370 g/mol. The Morgan fingerprint density at radius 2 is 2.15 bits per heavy atom. The van der Waals surface area contributed by atoms with Crippen molar-refractivity contribution in [3.05, 3.63) is 37.6 Å². The number of aromatic nitrogens is 2. The maximum atomic E-state index is 5.79. The van der Waals surface area contributed by atoms with Crippen LogP contribution in [-0.2, 0) is 6.42 Å². The summed E-state index contributed by atoms with van der Waals surface area (Å²) >= 11 is 10.3. The summed E-state index contributed by atoms with van der Waals surface area (Å²) < 4.78 is 1.14. The Labute approximate surface area is 135 Å². The first kappa shape index (κ1) is 15.3. The van der Waals surface area contributed by atoms with Crippen LogP contribution in [0.2, 0.25) is 0 Å². The molecule has 0 aromatic carbocycles. The summed E-state index contributed by atoms with van der Waals surface area (Å²) in [7, 11) is 0. The maximum Gasteiger partial charge on any atom is 0.159 e. The molecule has 7 heteroatoms. The van der Waals surface area contributed by atoms with Crippen molar-refractivity contribution in [1.29, 1.82) is 0 Å². The van der Waals surface area contributed by atoms with Gasteiger partial charge in [0.15, 0.2) is 5.82 Å². The van der Waals surface area contributed by atoms with Gasteiger partial charge in [0, 0.05) is 11.4 Å². The van der Waals surface area contributed by atoms with E-state index < -0.39 is 0 Å². The molecule has 2 rings (SSSR count). The van der Waals surface area contributed by atoms with E-state index in [4.69, 9.17) is 18.0 Å². The standard InChI is InChI=1S/C13H15BrN4S2/c1-7-8(2)17-18-13(11(7)12(15)19)16-6-5-9-3-4-10(14)20-9/h3-4H,5-6H2,1-2H3,(H2,15,19)(H,16,18). The van der Waals surface area contributed by atoms with Crippen LogP contribution < -0.4 is 11.1 Å². The Morgan fingerprint density at radius 3 is 2.75 bits per heavy atom. The number of thiophene rings is 1. The average molecular weight is 371 g/mol. The molecule has 2 aromatic heterocycles. The van der Waals surface area contributed by atoms with Crippen LogP contribution in [0.25, 0.3) is 0 Å². The smallest absolute Gasteiger partial charge is 0.159 e. The molecule has 0 aliphatic carbocycles. The van der Waals surface area contributed by atoms with Crippen molar-refractivity contribution in [2.45, 2.75) is 20.3 Å². The van der Waals surface area contributed by atoms with Crippen LogP contribution in [0.15, 0.2) is 15.9 Å². The third kappa shape index (κ3) is 3.53. The second-order valence-electron chi connectivity index (χ2n) is 4.38. The Balaban J connectivity index is 2.09. The van der Waals surface area contributed by atoms with Gasteiger partial charge in [-0.2, -0.15) is 5.10 Å². The summed E-state index contributed by atoms with van der Waals surface area (Å²) in [6, 6.07) is 4.16. The van der Waals surface area contributed by atoms with Crippen molar-refractivity contribution in [2.75, 3.05) is 11.9 Å². The lowest BCUT2D eigenvalue weighted by Crippen LogP contribution is -2.19. The normalized spacial score (nSPS) is 10.6. The number of nitrogens with zero attached hydrogens (tertiary/aromatic N) is 2. The third-order valence-corrected chi connectivity index (χ3v) is 4.88. The molecular weight excluding hydrogens is 356 g/mol. The lowest BCUT2D eigenvalue weighted by atomic mass is 10.1. The SMILES string of the molecule is Cc1nnc(NCCc2ccc(Br)s2)c(C(N)=S)c1C. The Hall–Kier alpha value is -1.05. The fourth-order valence-corrected chi connectivity index (χ4v) is 3.56. The number of hydrogen-bond donors (Lipinski definition) is 2. The van der Waals surface area contributed by atoms with E-state index in [1.54, 1.807) is 11.3 Å². The Bertz CT molecular complexity index is 639. The largest absolute Gasteiger partial charge is 0.389 e. The molecule has 0 radical (unpaired) electrons. The van der Waals surface area contributed by atoms with Gasteiger partial charge in [-0.3, -0.25) is 0 Å². The van der Waals surface area contributed by atoms with Crippen LogP contribution in [0.1, 0.15) is 21.7 Å². The molecule has 0 fully saturated rings. The van der Waals surface area contributed by atoms with Crippen LogP contribution in [0.5, 0.6) is 0 Å². The molecule has 106 valence electrons. The van der Waals surface area contributed by atoms with Gasteiger partial charge in [-0.05, 0) is 53.9 Å². The second-order valence-corrected chi connectivity index (χ2v) is 7.37. The van der Waals surface area contributed by atoms with Gasteiger partial charge in [-0.1, -0.05) is 12.2 Å². The first-order chi connectivity index (χ1) is 9.49. The highest BCUT2D eigenvalue weighted by Crippen LogP contribution is 2.23. The van der Waals surface area contributed by atoms with Crippen LogP contribution in [0.4, 0.5) is 5.82 Å². The zero-order valence-electron chi connectivity index (χ0n) is 11.2. The molecule has 0 saturated carbocycles. The molecule has 3 N–H and O–H groups in total. The molecule has 0 aliphatic heterocycles. The van der Waals surface area contributed by atoms with E-state index in [-0.39, 0.29) is 0 Å². The van der Waals surface area contributed by atoms with Crippen LogP contribution >= 0.6 is 39.5 Å². The molecular formula is C13H15BrN4S2. The second kappa shape index (κ2) is 6.60. The molecule has 20 heavy (non-hydrogen) atoms. The van der Waals surface area contributed by atoms with Crippen LogP contribution in [0, 0.1) is 13.8 Å². The van der Waals surface area contributed by atoms with Crippen molar-refractivity contribution in [2.24, 2.45) is 5.73 Å². The molecule has 0 unspecified atom stereocenters. The average Bonchev–Trinajstić information content (AvgIpc) is 2.79. The molecule has 2 aromatic rings. The molecule has 0 atom stereocenters. The van der Waals surface area contributed by atoms with Gasteiger partial charge in [-0.25, -0.2) is 0 Å². The Kier molecular flexibility index (Phi) is 5.06. The minimum absolute atomic E-state index is 0.349. The zero-order valence-corrected chi connectivity index (χ0v) is 14.5. The van der Waals surface area contributed by atoms with Crippen molar-refractivity contribution < 1.29 is 0 Å². The number of nitrogens with one attached hydrogen (secondary N) is 1. The number of aryl methyl sites for hydroxylation is 1. The number of hydrogen-bond acceptors (Lipinski definition) is 5. The molecule has 0 spiro atoms. The summed E-state index contributed by atoms with van der Waals surface area (Å²) in [6.07, 6.45) is 0.918. The van der Waals surface area contributed by atoms with Crippen molar-refractivity contribution in [3.63, 3.8) is 0 Å². The van der Waals surface area contributed by atoms with E-state index in [1.165, 1.54) is 4.88 Å². The van der Waals surface area contributed by atoms with E-state index in [2.05, 4.69) is 43.6 Å². The summed E-state index contributed by atoms with van der Waals surface area (Å²) in [6.45, 7) is 4.62. The number of thiocarbonyl (C=S) groups is 1. The van der Waals surface area contributed by atoms with E-state index in [0.29, 0.717) is 10.8 Å². The fraction of sp³-hybridized carbons (Fsp3) is 0.308. The Morgan fingerprint density at radius 1 is 1.40 bits per heavy atom. The molecule has 0 aliphatic rings. The zero-order chi connectivity index (χ0) is 14.7. The van der Waals surface area contributed by atoms with Gasteiger partial charge in [0.05, 0.1) is 15.0 Å². The van der Waals surface area contributed by atoms with E-state index in [1.807, 2.05) is 13.8 Å². The summed E-state index contributed by atoms with van der Waals surface area (Å²) in [5.74, 6) is 0.663. The predicted molar refractivity (Wildman–Crippen MR) is 91.6 cm³/mol. The lowest BCUT2D eigenvalue weighted by Gasteiger charge is -2.12. The number of anilines is 1. The maximum absolute atomic E-state index is 5.79. The minimum atomic E-state index is 0.349. The molecule has 2 heterocycles. The minimum Gasteiger partial charge on any atom is -0.389 e. The van der Waals surface area contributed by atoms with E-state index in [0.717, 1.165) is 33.6 Å². The summed E-state index contributed by atoms with van der Waals surface area (Å²) in [5, 5.41) is 11.6. The van der Waals surface area contributed by atoms with Gasteiger partial charge in [0.25, 0.3) is 0 Å². The van der Waals surface area contributed by atoms with Crippen LogP contribution in [-0.4, -0.2) is 21.7 Å². The lowest BCUT2D eigenvalue weighted by molar-refractivity contribution is 0.934. The molecule has 0 saturated heterocycles.